The number of hydrogen-bond acceptors (Lipinski definition) is 2. The maximum Gasteiger partial charge on any atom is 0.222 e. The molecule has 0 aromatic carbocycles. The first-order chi connectivity index (χ1) is 6.20. The highest BCUT2D eigenvalue weighted by atomic mass is 16.5. The van der Waals surface area contributed by atoms with E-state index in [0.717, 1.165) is 0 Å². The van der Waals surface area contributed by atoms with Gasteiger partial charge in [-0.15, -0.1) is 0 Å². The maximum atomic E-state index is 11.4. The molecule has 1 aliphatic rings. The minimum absolute atomic E-state index is 0.0889. The predicted molar refractivity (Wildman–Crippen MR) is 46.8 cm³/mol. The lowest BCUT2D eigenvalue weighted by molar-refractivity contribution is -0.136. The third-order valence-corrected chi connectivity index (χ3v) is 2.13. The van der Waals surface area contributed by atoms with Gasteiger partial charge in [0.15, 0.2) is 0 Å². The predicted octanol–water partition coefficient (Wildman–Crippen LogP) is 0.444. The topological polar surface area (TPSA) is 49.4 Å². The Hall–Kier alpha value is -0.610. The van der Waals surface area contributed by atoms with Crippen molar-refractivity contribution in [1.29, 1.82) is 0 Å². The van der Waals surface area contributed by atoms with Crippen molar-refractivity contribution >= 4 is 5.91 Å². The van der Waals surface area contributed by atoms with Crippen LogP contribution in [-0.4, -0.2) is 43.2 Å². The zero-order chi connectivity index (χ0) is 9.68. The van der Waals surface area contributed by atoms with Gasteiger partial charge < -0.3 is 9.64 Å². The van der Waals surface area contributed by atoms with E-state index in [0.29, 0.717) is 39.1 Å². The van der Waals surface area contributed by atoms with Gasteiger partial charge in [-0.1, -0.05) is 0 Å². The summed E-state index contributed by atoms with van der Waals surface area (Å²) in [5, 5.41) is 10.7. The molecule has 4 heteroatoms. The number of carbonyl (C=O) groups excluding carboxylic acids is 1. The Kier molecular flexibility index (Phi) is 4.18. The van der Waals surface area contributed by atoms with Crippen LogP contribution in [0, 0.1) is 0 Å². The summed E-state index contributed by atoms with van der Waals surface area (Å²) >= 11 is 0. The SMILES string of the molecule is CC([O])CCC(=O)N1CCOCC1. The summed E-state index contributed by atoms with van der Waals surface area (Å²) < 4.78 is 5.12. The van der Waals surface area contributed by atoms with Crippen molar-refractivity contribution in [3.8, 4) is 0 Å². The van der Waals surface area contributed by atoms with Crippen molar-refractivity contribution in [2.45, 2.75) is 25.9 Å². The normalized spacial score (nSPS) is 20.0. The van der Waals surface area contributed by atoms with Crippen molar-refractivity contribution in [1.82, 2.24) is 4.90 Å². The smallest absolute Gasteiger partial charge is 0.222 e. The summed E-state index contributed by atoms with van der Waals surface area (Å²) in [6.07, 6.45) is 0.186. The van der Waals surface area contributed by atoms with Crippen molar-refractivity contribution in [3.05, 3.63) is 0 Å². The molecular formula is C9H16NO3. The summed E-state index contributed by atoms with van der Waals surface area (Å²) in [4.78, 5) is 13.2. The molecule has 0 aliphatic carbocycles. The minimum Gasteiger partial charge on any atom is -0.378 e. The van der Waals surface area contributed by atoms with Gasteiger partial charge in [0.1, 0.15) is 0 Å². The van der Waals surface area contributed by atoms with Gasteiger partial charge in [0, 0.05) is 19.5 Å². The average molecular weight is 186 g/mol. The van der Waals surface area contributed by atoms with Gasteiger partial charge in [-0.2, -0.15) is 0 Å². The standard InChI is InChI=1S/C9H16NO3/c1-8(11)2-3-9(12)10-4-6-13-7-5-10/h8H,2-7H2,1H3. The molecule has 1 saturated heterocycles. The van der Waals surface area contributed by atoms with Crippen LogP contribution >= 0.6 is 0 Å². The van der Waals surface area contributed by atoms with Gasteiger partial charge in [0.2, 0.25) is 5.91 Å². The zero-order valence-corrected chi connectivity index (χ0v) is 7.99. The Morgan fingerprint density at radius 3 is 2.62 bits per heavy atom. The van der Waals surface area contributed by atoms with Gasteiger partial charge in [-0.3, -0.25) is 4.79 Å². The number of hydrogen-bond donors (Lipinski definition) is 0. The van der Waals surface area contributed by atoms with E-state index in [1.807, 2.05) is 0 Å². The quantitative estimate of drug-likeness (QED) is 0.642. The van der Waals surface area contributed by atoms with Crippen LogP contribution in [0.1, 0.15) is 19.8 Å². The van der Waals surface area contributed by atoms with Crippen LogP contribution in [-0.2, 0) is 14.6 Å². The van der Waals surface area contributed by atoms with E-state index in [-0.39, 0.29) is 5.91 Å². The summed E-state index contributed by atoms with van der Waals surface area (Å²) in [5.74, 6) is 0.0889. The zero-order valence-electron chi connectivity index (χ0n) is 7.99. The number of rotatable bonds is 3. The molecule has 4 nitrogen and oxygen atoms in total. The molecule has 0 saturated carbocycles. The van der Waals surface area contributed by atoms with Gasteiger partial charge >= 0.3 is 0 Å². The number of nitrogens with zero attached hydrogens (tertiary/aromatic N) is 1. The van der Waals surface area contributed by atoms with E-state index in [2.05, 4.69) is 0 Å². The number of ether oxygens (including phenoxy) is 1. The van der Waals surface area contributed by atoms with Crippen molar-refractivity contribution in [2.75, 3.05) is 26.3 Å². The highest BCUT2D eigenvalue weighted by molar-refractivity contribution is 5.76. The van der Waals surface area contributed by atoms with E-state index >= 15 is 0 Å². The first kappa shape index (κ1) is 10.5. The second-order valence-corrected chi connectivity index (χ2v) is 3.34. The fourth-order valence-electron chi connectivity index (χ4n) is 1.30. The molecule has 1 unspecified atom stereocenters. The molecule has 1 atom stereocenters. The lowest BCUT2D eigenvalue weighted by Gasteiger charge is -2.26. The lowest BCUT2D eigenvalue weighted by atomic mass is 10.2. The maximum absolute atomic E-state index is 11.4. The van der Waals surface area contributed by atoms with Crippen LogP contribution < -0.4 is 0 Å². The molecule has 0 bridgehead atoms. The third kappa shape index (κ3) is 3.74. The monoisotopic (exact) mass is 186 g/mol. The number of morpholine rings is 1. The summed E-state index contributed by atoms with van der Waals surface area (Å²) in [6.45, 7) is 4.18. The fraction of sp³-hybridized carbons (Fsp3) is 0.889. The molecule has 1 rings (SSSR count). The lowest BCUT2D eigenvalue weighted by Crippen LogP contribution is -2.40. The fourth-order valence-corrected chi connectivity index (χ4v) is 1.30. The van der Waals surface area contributed by atoms with Crippen LogP contribution in [0.5, 0.6) is 0 Å². The van der Waals surface area contributed by atoms with Crippen molar-refractivity contribution in [3.63, 3.8) is 0 Å². The molecule has 0 aromatic rings. The number of amides is 1. The van der Waals surface area contributed by atoms with E-state index in [4.69, 9.17) is 4.74 Å². The van der Waals surface area contributed by atoms with Crippen LogP contribution in [0.15, 0.2) is 0 Å². The molecule has 1 aliphatic heterocycles. The van der Waals surface area contributed by atoms with Gasteiger partial charge in [0.05, 0.1) is 19.3 Å². The third-order valence-electron chi connectivity index (χ3n) is 2.13. The first-order valence-electron chi connectivity index (χ1n) is 4.71. The minimum atomic E-state index is -0.634. The highest BCUT2D eigenvalue weighted by Gasteiger charge is 2.16. The Morgan fingerprint density at radius 1 is 1.46 bits per heavy atom. The second kappa shape index (κ2) is 5.19. The molecule has 75 valence electrons. The Balaban J connectivity index is 2.21. The van der Waals surface area contributed by atoms with E-state index in [1.165, 1.54) is 0 Å². The van der Waals surface area contributed by atoms with Crippen LogP contribution in [0.4, 0.5) is 0 Å². The summed E-state index contributed by atoms with van der Waals surface area (Å²) in [5.41, 5.74) is 0. The molecule has 0 spiro atoms. The van der Waals surface area contributed by atoms with Crippen LogP contribution in [0.3, 0.4) is 0 Å². The molecule has 1 heterocycles. The van der Waals surface area contributed by atoms with Gasteiger partial charge in [-0.05, 0) is 13.3 Å². The molecule has 1 fully saturated rings. The van der Waals surface area contributed by atoms with E-state index < -0.39 is 6.10 Å². The Morgan fingerprint density at radius 2 is 2.08 bits per heavy atom. The molecular weight excluding hydrogens is 170 g/mol. The summed E-state index contributed by atoms with van der Waals surface area (Å²) in [6, 6.07) is 0. The van der Waals surface area contributed by atoms with Crippen molar-refractivity contribution in [2.24, 2.45) is 0 Å². The highest BCUT2D eigenvalue weighted by Crippen LogP contribution is 2.04. The van der Waals surface area contributed by atoms with Crippen LogP contribution in [0.2, 0.25) is 0 Å². The van der Waals surface area contributed by atoms with Crippen molar-refractivity contribution < 1.29 is 14.6 Å². The molecule has 0 N–H and O–H groups in total. The summed E-state index contributed by atoms with van der Waals surface area (Å²) in [7, 11) is 0. The molecule has 1 amide bonds. The van der Waals surface area contributed by atoms with Gasteiger partial charge in [0.25, 0.3) is 0 Å². The molecule has 13 heavy (non-hydrogen) atoms. The average Bonchev–Trinajstić information content (AvgIpc) is 2.15. The van der Waals surface area contributed by atoms with Crippen LogP contribution in [0.25, 0.3) is 0 Å². The van der Waals surface area contributed by atoms with E-state index in [1.54, 1.807) is 11.8 Å². The second-order valence-electron chi connectivity index (χ2n) is 3.34. The molecule has 1 radical (unpaired) electrons. The molecule has 0 aromatic heterocycles. The van der Waals surface area contributed by atoms with Gasteiger partial charge in [-0.25, -0.2) is 5.11 Å². The Bertz CT molecular complexity index is 164. The largest absolute Gasteiger partial charge is 0.378 e. The Labute approximate surface area is 78.5 Å². The first-order valence-corrected chi connectivity index (χ1v) is 4.71. The van der Waals surface area contributed by atoms with E-state index in [9.17, 15) is 9.90 Å². The number of carbonyl (C=O) groups is 1.